The average molecular weight is 704 g/mol. The Labute approximate surface area is 286 Å². The molecule has 6 rings (SSSR count). The number of hydrogen-bond acceptors (Lipinski definition) is 9. The lowest BCUT2D eigenvalue weighted by Gasteiger charge is -2.31. The molecule has 2 fully saturated rings. The van der Waals surface area contributed by atoms with Crippen molar-refractivity contribution < 1.29 is 31.1 Å². The van der Waals surface area contributed by atoms with Crippen molar-refractivity contribution in [3.05, 3.63) is 71.4 Å². The van der Waals surface area contributed by atoms with E-state index in [1.807, 2.05) is 6.92 Å². The maximum absolute atomic E-state index is 13.9. The molecule has 0 saturated carbocycles. The van der Waals surface area contributed by atoms with Crippen LogP contribution in [0.2, 0.25) is 0 Å². The van der Waals surface area contributed by atoms with Crippen molar-refractivity contribution in [2.75, 3.05) is 41.4 Å². The molecule has 4 aromatic rings. The van der Waals surface area contributed by atoms with Gasteiger partial charge in [0.1, 0.15) is 5.82 Å². The van der Waals surface area contributed by atoms with Crippen LogP contribution in [0.25, 0.3) is 11.1 Å². The highest BCUT2D eigenvalue weighted by atomic mass is 19.4. The summed E-state index contributed by atoms with van der Waals surface area (Å²) in [6.07, 6.45) is 2.89. The number of nitrogens with zero attached hydrogens (tertiary/aromatic N) is 9. The second-order valence-electron chi connectivity index (χ2n) is 12.8. The molecule has 3 aromatic heterocycles. The standard InChI is InChI=1S/C34H39F6N9O/c1-4-28-13-29(20-48(28)30-25(21-50-3)16-43-32(45-30)47-8-6-5-7-9-47)49(31-41-14-23(15-42-31)24-17-44-46(2)19-24)18-22-10-26(33(35,36)37)12-27(11-22)34(38,39)40/h10-12,14-17,19,28-29H,4-9,13,18,20-21H2,1-3H3/t28-,29+/m1/s1. The predicted octanol–water partition coefficient (Wildman–Crippen LogP) is 6.91. The fourth-order valence-electron chi connectivity index (χ4n) is 6.76. The van der Waals surface area contributed by atoms with Crippen molar-refractivity contribution >= 4 is 17.7 Å². The Morgan fingerprint density at radius 3 is 2.14 bits per heavy atom. The lowest BCUT2D eigenvalue weighted by atomic mass is 10.0. The number of anilines is 3. The molecule has 2 aliphatic heterocycles. The van der Waals surface area contributed by atoms with Gasteiger partial charge in [0, 0.05) is 87.9 Å². The number of halogens is 6. The van der Waals surface area contributed by atoms with E-state index in [9.17, 15) is 26.3 Å². The minimum absolute atomic E-state index is 0.0517. The lowest BCUT2D eigenvalue weighted by Crippen LogP contribution is -2.39. The van der Waals surface area contributed by atoms with Gasteiger partial charge in [-0.25, -0.2) is 15.0 Å². The number of alkyl halides is 6. The van der Waals surface area contributed by atoms with Crippen LogP contribution in [0.3, 0.4) is 0 Å². The van der Waals surface area contributed by atoms with Crippen molar-refractivity contribution in [3.8, 4) is 11.1 Å². The summed E-state index contributed by atoms with van der Waals surface area (Å²) in [5.41, 5.74) is -0.697. The van der Waals surface area contributed by atoms with Crippen molar-refractivity contribution in [1.82, 2.24) is 29.7 Å². The summed E-state index contributed by atoms with van der Waals surface area (Å²) in [6.45, 7) is 4.07. The Balaban J connectivity index is 1.39. The molecule has 0 bridgehead atoms. The molecule has 50 heavy (non-hydrogen) atoms. The molecule has 268 valence electrons. The first-order chi connectivity index (χ1) is 23.8. The van der Waals surface area contributed by atoms with Crippen LogP contribution in [-0.2, 0) is 37.3 Å². The Kier molecular flexibility index (Phi) is 10.2. The van der Waals surface area contributed by atoms with Crippen LogP contribution in [0.1, 0.15) is 61.3 Å². The predicted molar refractivity (Wildman–Crippen MR) is 176 cm³/mol. The summed E-state index contributed by atoms with van der Waals surface area (Å²) in [5, 5.41) is 4.18. The van der Waals surface area contributed by atoms with Crippen molar-refractivity contribution in [2.24, 2.45) is 7.05 Å². The summed E-state index contributed by atoms with van der Waals surface area (Å²) >= 11 is 0. The number of benzene rings is 1. The lowest BCUT2D eigenvalue weighted by molar-refractivity contribution is -0.143. The number of methoxy groups -OCH3 is 1. The molecular weight excluding hydrogens is 664 g/mol. The molecular formula is C34H39F6N9O. The van der Waals surface area contributed by atoms with Gasteiger partial charge in [-0.3, -0.25) is 4.68 Å². The molecule has 0 N–H and O–H groups in total. The van der Waals surface area contributed by atoms with E-state index in [1.165, 1.54) is 0 Å². The van der Waals surface area contributed by atoms with Gasteiger partial charge in [-0.2, -0.15) is 36.4 Å². The number of aryl methyl sites for hydroxylation is 1. The molecule has 16 heteroatoms. The minimum Gasteiger partial charge on any atom is -0.380 e. The van der Waals surface area contributed by atoms with Crippen LogP contribution in [0.4, 0.5) is 44.1 Å². The molecule has 2 aliphatic rings. The Bertz CT molecular complexity index is 1720. The van der Waals surface area contributed by atoms with E-state index in [0.29, 0.717) is 36.7 Å². The molecule has 0 spiro atoms. The van der Waals surface area contributed by atoms with Crippen LogP contribution in [0.5, 0.6) is 0 Å². The van der Waals surface area contributed by atoms with Crippen LogP contribution in [0.15, 0.2) is 49.2 Å². The van der Waals surface area contributed by atoms with Gasteiger partial charge in [0.25, 0.3) is 0 Å². The van der Waals surface area contributed by atoms with Gasteiger partial charge in [-0.1, -0.05) is 6.92 Å². The summed E-state index contributed by atoms with van der Waals surface area (Å²) in [7, 11) is 3.36. The minimum atomic E-state index is -4.98. The number of aromatic nitrogens is 6. The fraction of sp³-hybridized carbons (Fsp3) is 0.500. The van der Waals surface area contributed by atoms with Crippen LogP contribution in [0, 0.1) is 0 Å². The number of ether oxygens (including phenoxy) is 1. The van der Waals surface area contributed by atoms with Gasteiger partial charge in [-0.05, 0) is 55.9 Å². The summed E-state index contributed by atoms with van der Waals surface area (Å²) in [6, 6.07) is 1.23. The molecule has 5 heterocycles. The van der Waals surface area contributed by atoms with Gasteiger partial charge in [0.05, 0.1) is 30.0 Å². The first-order valence-electron chi connectivity index (χ1n) is 16.6. The van der Waals surface area contributed by atoms with E-state index in [4.69, 9.17) is 9.72 Å². The average Bonchev–Trinajstić information content (AvgIpc) is 3.73. The molecule has 0 radical (unpaired) electrons. The number of rotatable bonds is 10. The molecule has 2 saturated heterocycles. The third kappa shape index (κ3) is 7.79. The highest BCUT2D eigenvalue weighted by molar-refractivity contribution is 5.60. The largest absolute Gasteiger partial charge is 0.416 e. The third-order valence-electron chi connectivity index (χ3n) is 9.28. The molecule has 2 atom stereocenters. The van der Waals surface area contributed by atoms with Gasteiger partial charge >= 0.3 is 12.4 Å². The van der Waals surface area contributed by atoms with E-state index in [1.54, 1.807) is 54.7 Å². The second kappa shape index (κ2) is 14.4. The van der Waals surface area contributed by atoms with Gasteiger partial charge < -0.3 is 19.4 Å². The number of hydrogen-bond donors (Lipinski definition) is 0. The zero-order valence-corrected chi connectivity index (χ0v) is 28.0. The van der Waals surface area contributed by atoms with E-state index in [-0.39, 0.29) is 36.8 Å². The molecule has 0 aliphatic carbocycles. The Hall–Kier alpha value is -4.47. The fourth-order valence-corrected chi connectivity index (χ4v) is 6.76. The Morgan fingerprint density at radius 2 is 1.56 bits per heavy atom. The van der Waals surface area contributed by atoms with Crippen LogP contribution in [-0.4, -0.2) is 68.5 Å². The molecule has 0 amide bonds. The third-order valence-corrected chi connectivity index (χ3v) is 9.28. The first-order valence-corrected chi connectivity index (χ1v) is 16.6. The zero-order chi connectivity index (χ0) is 35.6. The highest BCUT2D eigenvalue weighted by Crippen LogP contribution is 2.38. The number of piperidine rings is 1. The topological polar surface area (TPSA) is 88.3 Å². The maximum Gasteiger partial charge on any atom is 0.416 e. The maximum atomic E-state index is 13.9. The van der Waals surface area contributed by atoms with Gasteiger partial charge in [-0.15, -0.1) is 0 Å². The van der Waals surface area contributed by atoms with E-state index < -0.39 is 29.5 Å². The second-order valence-corrected chi connectivity index (χ2v) is 12.8. The summed E-state index contributed by atoms with van der Waals surface area (Å²) in [4.78, 5) is 24.8. The van der Waals surface area contributed by atoms with E-state index in [2.05, 4.69) is 29.9 Å². The van der Waals surface area contributed by atoms with Crippen molar-refractivity contribution in [2.45, 2.75) is 76.6 Å². The Morgan fingerprint density at radius 1 is 0.880 bits per heavy atom. The van der Waals surface area contributed by atoms with E-state index in [0.717, 1.165) is 55.6 Å². The highest BCUT2D eigenvalue weighted by Gasteiger charge is 2.40. The quantitative estimate of drug-likeness (QED) is 0.164. The van der Waals surface area contributed by atoms with Crippen LogP contribution >= 0.6 is 0 Å². The van der Waals surface area contributed by atoms with Crippen molar-refractivity contribution in [1.29, 1.82) is 0 Å². The normalized spacial score (nSPS) is 18.6. The van der Waals surface area contributed by atoms with E-state index >= 15 is 0 Å². The van der Waals surface area contributed by atoms with Gasteiger partial charge in [0.15, 0.2) is 0 Å². The summed E-state index contributed by atoms with van der Waals surface area (Å²) < 4.78 is 90.3. The molecule has 10 nitrogen and oxygen atoms in total. The monoisotopic (exact) mass is 703 g/mol. The van der Waals surface area contributed by atoms with Crippen LogP contribution < -0.4 is 14.7 Å². The summed E-state index contributed by atoms with van der Waals surface area (Å²) in [5.74, 6) is 1.50. The zero-order valence-electron chi connectivity index (χ0n) is 28.0. The van der Waals surface area contributed by atoms with Crippen molar-refractivity contribution in [3.63, 3.8) is 0 Å². The van der Waals surface area contributed by atoms with Gasteiger partial charge in [0.2, 0.25) is 11.9 Å². The molecule has 0 unspecified atom stereocenters. The SMILES string of the molecule is CC[C@@H]1C[C@H](N(Cc2cc(C(F)(F)F)cc(C(F)(F)F)c2)c2ncc(-c3cnn(C)c3)cn2)CN1c1nc(N2CCCCC2)ncc1COC. The smallest absolute Gasteiger partial charge is 0.380 e. The first kappa shape index (κ1) is 35.4. The molecule has 1 aromatic carbocycles.